The molecule has 4 rings (SSSR count). The minimum atomic E-state index is -3.74. The maximum atomic E-state index is 13.7. The van der Waals surface area contributed by atoms with Crippen molar-refractivity contribution in [3.63, 3.8) is 0 Å². The fourth-order valence-electron chi connectivity index (χ4n) is 6.31. The van der Waals surface area contributed by atoms with Crippen LogP contribution >= 0.6 is 11.6 Å². The van der Waals surface area contributed by atoms with E-state index in [1.54, 1.807) is 28.6 Å². The molecule has 1 amide bonds. The van der Waals surface area contributed by atoms with E-state index in [1.807, 2.05) is 4.90 Å². The summed E-state index contributed by atoms with van der Waals surface area (Å²) in [5.74, 6) is 0. The molecule has 0 N–H and O–H groups in total. The van der Waals surface area contributed by atoms with Crippen molar-refractivity contribution >= 4 is 27.7 Å². The number of ether oxygens (including phenoxy) is 1. The van der Waals surface area contributed by atoms with E-state index >= 15 is 0 Å². The average Bonchev–Trinajstić information content (AvgIpc) is 2.88. The molecule has 0 saturated carbocycles. The van der Waals surface area contributed by atoms with E-state index in [9.17, 15) is 13.2 Å². The molecule has 1 aromatic carbocycles. The van der Waals surface area contributed by atoms with Crippen molar-refractivity contribution in [2.75, 3.05) is 26.2 Å². The summed E-state index contributed by atoms with van der Waals surface area (Å²) in [5.41, 5.74) is 0. The fourth-order valence-corrected chi connectivity index (χ4v) is 8.32. The Morgan fingerprint density at radius 2 is 1.69 bits per heavy atom. The molecule has 3 aliphatic rings. The van der Waals surface area contributed by atoms with Crippen molar-refractivity contribution in [2.45, 2.75) is 107 Å². The number of halogens is 1. The second kappa shape index (κ2) is 12.5. The first-order valence-electron chi connectivity index (χ1n) is 13.8. The molecule has 3 fully saturated rings. The van der Waals surface area contributed by atoms with Crippen molar-refractivity contribution in [1.29, 1.82) is 0 Å². The van der Waals surface area contributed by atoms with Crippen LogP contribution < -0.4 is 0 Å². The normalized spacial score (nSPS) is 28.7. The number of hydrogen-bond donors (Lipinski definition) is 0. The van der Waals surface area contributed by atoms with Crippen LogP contribution in [0.2, 0.25) is 5.02 Å². The summed E-state index contributed by atoms with van der Waals surface area (Å²) in [7, 11) is -3.74. The zero-order valence-corrected chi connectivity index (χ0v) is 23.4. The van der Waals surface area contributed by atoms with Crippen molar-refractivity contribution in [3.05, 3.63) is 29.3 Å². The Bertz CT molecular complexity index is 966. The molecule has 9 heteroatoms. The number of likely N-dealkylation sites (tertiary alicyclic amines) is 2. The Kier molecular flexibility index (Phi) is 9.58. The van der Waals surface area contributed by atoms with Gasteiger partial charge in [-0.25, -0.2) is 13.2 Å². The topological polar surface area (TPSA) is 70.2 Å². The van der Waals surface area contributed by atoms with Gasteiger partial charge >= 0.3 is 6.09 Å². The molecule has 0 aromatic heterocycles. The molecule has 4 atom stereocenters. The third-order valence-electron chi connectivity index (χ3n) is 8.19. The van der Waals surface area contributed by atoms with Gasteiger partial charge in [0, 0.05) is 29.7 Å². The van der Waals surface area contributed by atoms with Crippen LogP contribution in [0.4, 0.5) is 4.79 Å². The third-order valence-corrected chi connectivity index (χ3v) is 10.5. The van der Waals surface area contributed by atoms with E-state index in [1.165, 1.54) is 32.4 Å². The van der Waals surface area contributed by atoms with E-state index < -0.39 is 10.0 Å². The molecule has 1 aromatic rings. The lowest BCUT2D eigenvalue weighted by molar-refractivity contribution is 0.0278. The number of carbonyl (C=O) groups is 1. The van der Waals surface area contributed by atoms with Gasteiger partial charge in [-0.1, -0.05) is 37.8 Å². The van der Waals surface area contributed by atoms with Gasteiger partial charge in [0.25, 0.3) is 0 Å². The lowest BCUT2D eigenvalue weighted by atomic mass is 9.95. The highest BCUT2D eigenvalue weighted by atomic mass is 35.5. The first-order chi connectivity index (χ1) is 17.3. The molecule has 3 aliphatic heterocycles. The number of hydrogen-bond acceptors (Lipinski definition) is 5. The quantitative estimate of drug-likeness (QED) is 0.456. The molecule has 3 saturated heterocycles. The first kappa shape index (κ1) is 27.7. The van der Waals surface area contributed by atoms with Gasteiger partial charge in [-0.2, -0.15) is 4.31 Å². The maximum absolute atomic E-state index is 13.7. The number of amides is 1. The average molecular weight is 540 g/mol. The number of carbonyl (C=O) groups excluding carboxylic acids is 1. The highest BCUT2D eigenvalue weighted by Gasteiger charge is 2.41. The molecule has 2 unspecified atom stereocenters. The summed E-state index contributed by atoms with van der Waals surface area (Å²) in [6.07, 6.45) is 9.61. The van der Waals surface area contributed by atoms with Crippen molar-refractivity contribution in [1.82, 2.24) is 14.1 Å². The zero-order valence-electron chi connectivity index (χ0n) is 21.8. The standard InChI is InChI=1S/C27H42ClN3O4S/c1-3-8-23-9-7-10-25(31(23)36(33,34)26-13-11-22(28)12-14-26)20-35-27(32)30-18-15-24(19-21(30)2)29-16-5-4-6-17-29/h11-14,21,23-25H,3-10,15-20H2,1-2H3/t21?,23-,24?,25-/m0/s1. The lowest BCUT2D eigenvalue weighted by Gasteiger charge is -2.43. The van der Waals surface area contributed by atoms with Crippen LogP contribution in [-0.4, -0.2) is 79.0 Å². The van der Waals surface area contributed by atoms with Gasteiger partial charge in [0.15, 0.2) is 0 Å². The van der Waals surface area contributed by atoms with Crippen LogP contribution in [0.3, 0.4) is 0 Å². The maximum Gasteiger partial charge on any atom is 0.410 e. The summed E-state index contributed by atoms with van der Waals surface area (Å²) < 4.78 is 34.9. The highest BCUT2D eigenvalue weighted by molar-refractivity contribution is 7.89. The molecule has 0 radical (unpaired) electrons. The number of nitrogens with zero attached hydrogens (tertiary/aromatic N) is 3. The van der Waals surface area contributed by atoms with Gasteiger partial charge in [-0.05, 0) is 89.2 Å². The van der Waals surface area contributed by atoms with E-state index in [0.29, 0.717) is 24.0 Å². The summed E-state index contributed by atoms with van der Waals surface area (Å²) in [6.45, 7) is 7.29. The van der Waals surface area contributed by atoms with Gasteiger partial charge in [0.2, 0.25) is 10.0 Å². The van der Waals surface area contributed by atoms with E-state index in [-0.39, 0.29) is 35.7 Å². The second-order valence-electron chi connectivity index (χ2n) is 10.7. The molecular weight excluding hydrogens is 498 g/mol. The molecule has 0 bridgehead atoms. The van der Waals surface area contributed by atoms with Crippen LogP contribution in [-0.2, 0) is 14.8 Å². The molecule has 0 spiro atoms. The number of sulfonamides is 1. The SMILES string of the molecule is CCC[C@H]1CCC[C@@H](COC(=O)N2CCC(N3CCCCC3)CC2C)N1S(=O)(=O)c1ccc(Cl)cc1. The Balaban J connectivity index is 1.41. The summed E-state index contributed by atoms with van der Waals surface area (Å²) in [4.78, 5) is 17.8. The first-order valence-corrected chi connectivity index (χ1v) is 15.6. The molecule has 202 valence electrons. The van der Waals surface area contributed by atoms with Crippen LogP contribution in [0, 0.1) is 0 Å². The minimum Gasteiger partial charge on any atom is -0.448 e. The van der Waals surface area contributed by atoms with Crippen molar-refractivity contribution < 1.29 is 17.9 Å². The number of benzene rings is 1. The number of piperidine rings is 3. The largest absolute Gasteiger partial charge is 0.448 e. The summed E-state index contributed by atoms with van der Waals surface area (Å²) >= 11 is 6.00. The summed E-state index contributed by atoms with van der Waals surface area (Å²) in [5, 5.41) is 0.501. The van der Waals surface area contributed by atoms with Gasteiger partial charge in [0.1, 0.15) is 6.61 Å². The van der Waals surface area contributed by atoms with E-state index in [0.717, 1.165) is 38.5 Å². The molecule has 0 aliphatic carbocycles. The van der Waals surface area contributed by atoms with Crippen molar-refractivity contribution in [3.8, 4) is 0 Å². The molecule has 7 nitrogen and oxygen atoms in total. The van der Waals surface area contributed by atoms with Gasteiger partial charge in [-0.15, -0.1) is 0 Å². The zero-order chi connectivity index (χ0) is 25.7. The minimum absolute atomic E-state index is 0.0879. The van der Waals surface area contributed by atoms with Gasteiger partial charge in [-0.3, -0.25) is 0 Å². The van der Waals surface area contributed by atoms with Gasteiger partial charge in [0.05, 0.1) is 10.9 Å². The Labute approximate surface area is 222 Å². The monoisotopic (exact) mass is 539 g/mol. The summed E-state index contributed by atoms with van der Waals surface area (Å²) in [6, 6.07) is 6.55. The third kappa shape index (κ3) is 6.37. The Hall–Kier alpha value is -1.35. The van der Waals surface area contributed by atoms with E-state index in [4.69, 9.17) is 16.3 Å². The van der Waals surface area contributed by atoms with Gasteiger partial charge < -0.3 is 14.5 Å². The second-order valence-corrected chi connectivity index (χ2v) is 13.0. The molecular formula is C27H42ClN3O4S. The Morgan fingerprint density at radius 1 is 1.00 bits per heavy atom. The molecule has 3 heterocycles. The van der Waals surface area contributed by atoms with Crippen LogP contribution in [0.15, 0.2) is 29.2 Å². The smallest absolute Gasteiger partial charge is 0.410 e. The van der Waals surface area contributed by atoms with E-state index in [2.05, 4.69) is 18.7 Å². The van der Waals surface area contributed by atoms with Crippen LogP contribution in [0.25, 0.3) is 0 Å². The predicted octanol–water partition coefficient (Wildman–Crippen LogP) is 5.53. The Morgan fingerprint density at radius 3 is 2.36 bits per heavy atom. The van der Waals surface area contributed by atoms with Crippen LogP contribution in [0.5, 0.6) is 0 Å². The number of rotatable bonds is 7. The molecule has 36 heavy (non-hydrogen) atoms. The van der Waals surface area contributed by atoms with Crippen LogP contribution in [0.1, 0.15) is 78.1 Å². The highest BCUT2D eigenvalue weighted by Crippen LogP contribution is 2.33. The van der Waals surface area contributed by atoms with Crippen molar-refractivity contribution in [2.24, 2.45) is 0 Å². The predicted molar refractivity (Wildman–Crippen MR) is 143 cm³/mol. The lowest BCUT2D eigenvalue weighted by Crippen LogP contribution is -2.54. The fraction of sp³-hybridized carbons (Fsp3) is 0.741.